The molecule has 15 heavy (non-hydrogen) atoms. The van der Waals surface area contributed by atoms with Crippen LogP contribution in [-0.4, -0.2) is 36.7 Å². The van der Waals surface area contributed by atoms with Gasteiger partial charge in [-0.3, -0.25) is 0 Å². The summed E-state index contributed by atoms with van der Waals surface area (Å²) in [6.45, 7) is 7.16. The van der Waals surface area contributed by atoms with Gasteiger partial charge in [0, 0.05) is 19.1 Å². The number of carbonyl (C=O) groups excluding carboxylic acids is 1. The molecule has 0 bridgehead atoms. The number of nitrogens with two attached hydrogens (primary N) is 1. The second-order valence-electron chi connectivity index (χ2n) is 3.98. The zero-order chi connectivity index (χ0) is 11.3. The van der Waals surface area contributed by atoms with Crippen LogP contribution < -0.4 is 5.73 Å². The van der Waals surface area contributed by atoms with Crippen molar-refractivity contribution in [2.75, 3.05) is 19.7 Å². The minimum atomic E-state index is -0.267. The highest BCUT2D eigenvalue weighted by atomic mass is 16.6. The standard InChI is InChI=1S/C11H20N2O2/c1-3-7-15-11(14)13-6-4-5-9(2)10(13)8-12/h3,9-10H,1,4-8,12H2,2H3/t9-,10?/m1/s1. The normalized spacial score (nSPS) is 26.1. The summed E-state index contributed by atoms with van der Waals surface area (Å²) in [4.78, 5) is 13.4. The van der Waals surface area contributed by atoms with Gasteiger partial charge in [-0.15, -0.1) is 0 Å². The summed E-state index contributed by atoms with van der Waals surface area (Å²) in [7, 11) is 0. The molecule has 0 radical (unpaired) electrons. The van der Waals surface area contributed by atoms with Gasteiger partial charge in [0.1, 0.15) is 6.61 Å². The average molecular weight is 212 g/mol. The van der Waals surface area contributed by atoms with Gasteiger partial charge >= 0.3 is 6.09 Å². The van der Waals surface area contributed by atoms with Crippen molar-refractivity contribution in [3.05, 3.63) is 12.7 Å². The van der Waals surface area contributed by atoms with Crippen molar-refractivity contribution in [3.63, 3.8) is 0 Å². The van der Waals surface area contributed by atoms with Crippen LogP contribution in [0.1, 0.15) is 19.8 Å². The first-order valence-electron chi connectivity index (χ1n) is 5.45. The Morgan fingerprint density at radius 2 is 2.47 bits per heavy atom. The first-order valence-corrected chi connectivity index (χ1v) is 5.45. The molecule has 1 heterocycles. The van der Waals surface area contributed by atoms with Crippen molar-refractivity contribution in [1.82, 2.24) is 4.90 Å². The summed E-state index contributed by atoms with van der Waals surface area (Å²) in [5, 5.41) is 0. The van der Waals surface area contributed by atoms with E-state index in [0.29, 0.717) is 12.5 Å². The molecule has 2 N–H and O–H groups in total. The Labute approximate surface area is 91.1 Å². The van der Waals surface area contributed by atoms with Gasteiger partial charge in [0.15, 0.2) is 0 Å². The van der Waals surface area contributed by atoms with Crippen molar-refractivity contribution in [1.29, 1.82) is 0 Å². The minimum absolute atomic E-state index is 0.121. The van der Waals surface area contributed by atoms with Crippen LogP contribution in [0.5, 0.6) is 0 Å². The molecule has 1 aliphatic rings. The summed E-state index contributed by atoms with van der Waals surface area (Å²) >= 11 is 0. The number of carbonyl (C=O) groups is 1. The van der Waals surface area contributed by atoms with E-state index in [1.165, 1.54) is 0 Å². The quantitative estimate of drug-likeness (QED) is 0.719. The molecule has 86 valence electrons. The highest BCUT2D eigenvalue weighted by Crippen LogP contribution is 2.23. The molecule has 0 aromatic heterocycles. The second-order valence-corrected chi connectivity index (χ2v) is 3.98. The van der Waals surface area contributed by atoms with Crippen LogP contribution in [0.2, 0.25) is 0 Å². The maximum absolute atomic E-state index is 11.7. The summed E-state index contributed by atoms with van der Waals surface area (Å²) < 4.78 is 5.02. The lowest BCUT2D eigenvalue weighted by atomic mass is 9.91. The Morgan fingerprint density at radius 3 is 3.07 bits per heavy atom. The lowest BCUT2D eigenvalue weighted by molar-refractivity contribution is 0.0652. The highest BCUT2D eigenvalue weighted by molar-refractivity contribution is 5.68. The fourth-order valence-corrected chi connectivity index (χ4v) is 2.05. The predicted octanol–water partition coefficient (Wildman–Crippen LogP) is 1.37. The number of piperidine rings is 1. The van der Waals surface area contributed by atoms with Crippen molar-refractivity contribution in [3.8, 4) is 0 Å². The van der Waals surface area contributed by atoms with Gasteiger partial charge in [0.2, 0.25) is 0 Å². The number of likely N-dealkylation sites (tertiary alicyclic amines) is 1. The number of hydrogen-bond acceptors (Lipinski definition) is 3. The molecule has 2 atom stereocenters. The van der Waals surface area contributed by atoms with Gasteiger partial charge in [0.25, 0.3) is 0 Å². The molecule has 1 unspecified atom stereocenters. The van der Waals surface area contributed by atoms with Crippen LogP contribution in [0.25, 0.3) is 0 Å². The first-order chi connectivity index (χ1) is 7.20. The molecule has 0 aromatic rings. The van der Waals surface area contributed by atoms with Gasteiger partial charge in [-0.05, 0) is 18.8 Å². The Hall–Kier alpha value is -1.03. The van der Waals surface area contributed by atoms with E-state index >= 15 is 0 Å². The fraction of sp³-hybridized carbons (Fsp3) is 0.727. The Balaban J connectivity index is 2.56. The summed E-state index contributed by atoms with van der Waals surface area (Å²) in [5.74, 6) is 0.458. The monoisotopic (exact) mass is 212 g/mol. The molecule has 1 fully saturated rings. The van der Waals surface area contributed by atoms with E-state index in [4.69, 9.17) is 10.5 Å². The van der Waals surface area contributed by atoms with E-state index in [1.54, 1.807) is 11.0 Å². The van der Waals surface area contributed by atoms with Gasteiger partial charge in [-0.1, -0.05) is 19.6 Å². The minimum Gasteiger partial charge on any atom is -0.445 e. The van der Waals surface area contributed by atoms with Gasteiger partial charge in [0.05, 0.1) is 0 Å². The molecule has 1 rings (SSSR count). The van der Waals surface area contributed by atoms with E-state index in [2.05, 4.69) is 13.5 Å². The van der Waals surface area contributed by atoms with E-state index in [1.807, 2.05) is 0 Å². The van der Waals surface area contributed by atoms with Crippen molar-refractivity contribution in [2.24, 2.45) is 11.7 Å². The zero-order valence-electron chi connectivity index (χ0n) is 9.32. The van der Waals surface area contributed by atoms with Crippen LogP contribution >= 0.6 is 0 Å². The number of amides is 1. The molecule has 1 aliphatic heterocycles. The van der Waals surface area contributed by atoms with Gasteiger partial charge in [-0.2, -0.15) is 0 Å². The fourth-order valence-electron chi connectivity index (χ4n) is 2.05. The molecule has 0 aliphatic carbocycles. The molecular weight excluding hydrogens is 192 g/mol. The SMILES string of the molecule is C=CCOC(=O)N1CCC[C@@H](C)C1CN. The van der Waals surface area contributed by atoms with Crippen LogP contribution in [0.3, 0.4) is 0 Å². The van der Waals surface area contributed by atoms with E-state index in [0.717, 1.165) is 19.4 Å². The maximum Gasteiger partial charge on any atom is 0.410 e. The highest BCUT2D eigenvalue weighted by Gasteiger charge is 2.31. The molecule has 0 aromatic carbocycles. The number of rotatable bonds is 3. The summed E-state index contributed by atoms with van der Waals surface area (Å²) in [6.07, 6.45) is 3.47. The van der Waals surface area contributed by atoms with Gasteiger partial charge < -0.3 is 15.4 Å². The Kier molecular flexibility index (Phi) is 4.62. The van der Waals surface area contributed by atoms with Crippen molar-refractivity contribution >= 4 is 6.09 Å². The second kappa shape index (κ2) is 5.75. The van der Waals surface area contributed by atoms with Crippen molar-refractivity contribution in [2.45, 2.75) is 25.8 Å². The first kappa shape index (κ1) is 12.0. The zero-order valence-corrected chi connectivity index (χ0v) is 9.32. The molecule has 0 spiro atoms. The van der Waals surface area contributed by atoms with E-state index < -0.39 is 0 Å². The smallest absolute Gasteiger partial charge is 0.410 e. The Bertz CT molecular complexity index is 231. The predicted molar refractivity (Wildman–Crippen MR) is 59.5 cm³/mol. The maximum atomic E-state index is 11.7. The van der Waals surface area contributed by atoms with E-state index in [9.17, 15) is 4.79 Å². The number of ether oxygens (including phenoxy) is 1. The molecule has 4 heteroatoms. The third-order valence-electron chi connectivity index (χ3n) is 2.92. The third kappa shape index (κ3) is 2.96. The van der Waals surface area contributed by atoms with Crippen LogP contribution in [0.4, 0.5) is 4.79 Å². The summed E-state index contributed by atoms with van der Waals surface area (Å²) in [5.41, 5.74) is 5.68. The number of nitrogens with zero attached hydrogens (tertiary/aromatic N) is 1. The molecule has 0 saturated carbocycles. The molecule has 1 saturated heterocycles. The largest absolute Gasteiger partial charge is 0.445 e. The molecule has 1 amide bonds. The summed E-state index contributed by atoms with van der Waals surface area (Å²) in [6, 6.07) is 0.121. The van der Waals surface area contributed by atoms with Crippen molar-refractivity contribution < 1.29 is 9.53 Å². The Morgan fingerprint density at radius 1 is 1.73 bits per heavy atom. The lowest BCUT2D eigenvalue weighted by Crippen LogP contribution is -2.51. The van der Waals surface area contributed by atoms with Crippen LogP contribution in [0.15, 0.2) is 12.7 Å². The molecule has 4 nitrogen and oxygen atoms in total. The van der Waals surface area contributed by atoms with E-state index in [-0.39, 0.29) is 18.7 Å². The van der Waals surface area contributed by atoms with Crippen LogP contribution in [-0.2, 0) is 4.74 Å². The third-order valence-corrected chi connectivity index (χ3v) is 2.92. The average Bonchev–Trinajstić information content (AvgIpc) is 2.25. The molecular formula is C11H20N2O2. The van der Waals surface area contributed by atoms with Gasteiger partial charge in [-0.25, -0.2) is 4.79 Å². The van der Waals surface area contributed by atoms with Crippen LogP contribution in [0, 0.1) is 5.92 Å². The lowest BCUT2D eigenvalue weighted by Gasteiger charge is -2.38. The number of hydrogen-bond donors (Lipinski definition) is 1. The topological polar surface area (TPSA) is 55.6 Å².